The summed E-state index contributed by atoms with van der Waals surface area (Å²) in [5.74, 6) is -0.349. The summed E-state index contributed by atoms with van der Waals surface area (Å²) in [5.41, 5.74) is 2.73. The van der Waals surface area contributed by atoms with Gasteiger partial charge in [0.15, 0.2) is 11.5 Å². The molecule has 1 heterocycles. The summed E-state index contributed by atoms with van der Waals surface area (Å²) in [4.78, 5) is 15.6. The molecule has 0 bridgehead atoms. The molecule has 7 heteroatoms. The minimum atomic E-state index is -0.811. The Kier molecular flexibility index (Phi) is 6.70. The smallest absolute Gasteiger partial charge is 0.303 e. The second-order valence-electron chi connectivity index (χ2n) is 6.19. The van der Waals surface area contributed by atoms with E-state index in [0.29, 0.717) is 29.7 Å². The minimum Gasteiger partial charge on any atom is -0.503 e. The van der Waals surface area contributed by atoms with Crippen molar-refractivity contribution < 1.29 is 19.7 Å². The number of halogens is 1. The fourth-order valence-electron chi connectivity index (χ4n) is 2.82. The Morgan fingerprint density at radius 1 is 1.29 bits per heavy atom. The first kappa shape index (κ1) is 20.4. The fraction of sp³-hybridized carbons (Fsp3) is 0.238. The molecule has 0 fully saturated rings. The number of fused-ring (bicyclic) bond motifs is 1. The molecule has 0 aliphatic heterocycles. The van der Waals surface area contributed by atoms with E-state index in [9.17, 15) is 9.90 Å². The average molecular weight is 462 g/mol. The van der Waals surface area contributed by atoms with Crippen molar-refractivity contribution in [1.29, 1.82) is 0 Å². The number of aromatic hydroxyl groups is 1. The van der Waals surface area contributed by atoms with Crippen LogP contribution in [0, 0.1) is 0 Å². The number of nitrogens with zero attached hydrogens (tertiary/aromatic N) is 1. The second kappa shape index (κ2) is 9.21. The van der Waals surface area contributed by atoms with Crippen molar-refractivity contribution in [3.8, 4) is 11.5 Å². The molecule has 0 saturated heterocycles. The van der Waals surface area contributed by atoms with Gasteiger partial charge in [-0.15, -0.1) is 11.3 Å². The third-order valence-electron chi connectivity index (χ3n) is 4.10. The van der Waals surface area contributed by atoms with Crippen LogP contribution in [0.15, 0.2) is 40.9 Å². The average Bonchev–Trinajstić information content (AvgIpc) is 3.09. The molecular formula is C21H20BrNO4S. The molecule has 0 amide bonds. The molecule has 0 radical (unpaired) electrons. The van der Waals surface area contributed by atoms with Crippen LogP contribution < -0.4 is 4.74 Å². The van der Waals surface area contributed by atoms with E-state index in [1.807, 2.05) is 43.3 Å². The van der Waals surface area contributed by atoms with E-state index in [1.54, 1.807) is 17.4 Å². The van der Waals surface area contributed by atoms with Gasteiger partial charge in [-0.3, -0.25) is 4.79 Å². The van der Waals surface area contributed by atoms with Gasteiger partial charge < -0.3 is 14.9 Å². The molecule has 0 atom stereocenters. The zero-order valence-electron chi connectivity index (χ0n) is 15.3. The van der Waals surface area contributed by atoms with Gasteiger partial charge in [-0.05, 0) is 77.2 Å². The van der Waals surface area contributed by atoms with Gasteiger partial charge in [0, 0.05) is 6.42 Å². The highest BCUT2D eigenvalue weighted by molar-refractivity contribution is 9.10. The highest BCUT2D eigenvalue weighted by Crippen LogP contribution is 2.38. The van der Waals surface area contributed by atoms with Gasteiger partial charge >= 0.3 is 5.97 Å². The van der Waals surface area contributed by atoms with Crippen molar-refractivity contribution in [1.82, 2.24) is 4.98 Å². The number of carboxylic acids is 1. The number of thiazole rings is 1. The van der Waals surface area contributed by atoms with Crippen LogP contribution in [0.3, 0.4) is 0 Å². The van der Waals surface area contributed by atoms with E-state index in [2.05, 4.69) is 15.9 Å². The number of benzene rings is 2. The Morgan fingerprint density at radius 2 is 2.07 bits per heavy atom. The quantitative estimate of drug-likeness (QED) is 0.432. The fourth-order valence-corrected chi connectivity index (χ4v) is 4.29. The van der Waals surface area contributed by atoms with Crippen LogP contribution in [0.5, 0.6) is 11.5 Å². The molecule has 0 spiro atoms. The standard InChI is InChI=1S/C21H20BrNO4S/c1-2-27-17-12-13(11-15(22)20(17)26)10-14(6-5-9-19(24)25)21-23-16-7-3-4-8-18(16)28-21/h3-4,7-8,10-12,26H,2,5-6,9H2,1H3,(H,24,25)/b14-10-. The molecule has 0 saturated carbocycles. The van der Waals surface area contributed by atoms with Gasteiger partial charge in [-0.25, -0.2) is 4.98 Å². The molecule has 3 aromatic rings. The second-order valence-corrected chi connectivity index (χ2v) is 8.07. The van der Waals surface area contributed by atoms with Crippen LogP contribution in [0.2, 0.25) is 0 Å². The molecule has 146 valence electrons. The number of rotatable bonds is 8. The van der Waals surface area contributed by atoms with Crippen LogP contribution in [-0.4, -0.2) is 27.8 Å². The first-order valence-electron chi connectivity index (χ1n) is 8.91. The molecule has 0 aliphatic rings. The lowest BCUT2D eigenvalue weighted by Gasteiger charge is -2.10. The number of ether oxygens (including phenoxy) is 1. The van der Waals surface area contributed by atoms with Gasteiger partial charge in [0.2, 0.25) is 0 Å². The Hall–Kier alpha value is -2.38. The summed E-state index contributed by atoms with van der Waals surface area (Å²) < 4.78 is 7.13. The summed E-state index contributed by atoms with van der Waals surface area (Å²) in [6.07, 6.45) is 3.20. The lowest BCUT2D eigenvalue weighted by atomic mass is 10.0. The van der Waals surface area contributed by atoms with Crippen molar-refractivity contribution in [3.63, 3.8) is 0 Å². The largest absolute Gasteiger partial charge is 0.503 e. The first-order valence-corrected chi connectivity index (χ1v) is 10.5. The van der Waals surface area contributed by atoms with E-state index in [4.69, 9.17) is 14.8 Å². The van der Waals surface area contributed by atoms with E-state index in [0.717, 1.165) is 26.4 Å². The summed E-state index contributed by atoms with van der Waals surface area (Å²) >= 11 is 4.95. The van der Waals surface area contributed by atoms with Crippen LogP contribution >= 0.6 is 27.3 Å². The Balaban J connectivity index is 2.01. The number of phenols is 1. The van der Waals surface area contributed by atoms with Gasteiger partial charge in [0.05, 0.1) is 21.3 Å². The molecular weight excluding hydrogens is 442 g/mol. The summed E-state index contributed by atoms with van der Waals surface area (Å²) in [7, 11) is 0. The molecule has 1 aromatic heterocycles. The van der Waals surface area contributed by atoms with E-state index >= 15 is 0 Å². The SMILES string of the molecule is CCOc1cc(/C=C(/CCCC(=O)O)c2nc3ccccc3s2)cc(Br)c1O. The number of carbonyl (C=O) groups is 1. The minimum absolute atomic E-state index is 0.0615. The number of allylic oxidation sites excluding steroid dienone is 1. The molecule has 3 rings (SSSR count). The zero-order chi connectivity index (χ0) is 20.1. The maximum Gasteiger partial charge on any atom is 0.303 e. The predicted octanol–water partition coefficient (Wildman–Crippen LogP) is 5.96. The number of para-hydroxylation sites is 1. The maximum absolute atomic E-state index is 10.9. The van der Waals surface area contributed by atoms with E-state index < -0.39 is 5.97 Å². The lowest BCUT2D eigenvalue weighted by Crippen LogP contribution is -1.95. The number of hydrogen-bond donors (Lipinski definition) is 2. The van der Waals surface area contributed by atoms with Crippen molar-refractivity contribution >= 4 is 55.1 Å². The zero-order valence-corrected chi connectivity index (χ0v) is 17.7. The third kappa shape index (κ3) is 4.91. The van der Waals surface area contributed by atoms with E-state index in [-0.39, 0.29) is 12.2 Å². The third-order valence-corrected chi connectivity index (χ3v) is 5.81. The van der Waals surface area contributed by atoms with Crippen LogP contribution in [-0.2, 0) is 4.79 Å². The summed E-state index contributed by atoms with van der Waals surface area (Å²) in [6, 6.07) is 11.5. The number of phenolic OH excluding ortho intramolecular Hbond substituents is 1. The number of aromatic nitrogens is 1. The molecule has 2 N–H and O–H groups in total. The molecule has 0 aliphatic carbocycles. The topological polar surface area (TPSA) is 79.7 Å². The van der Waals surface area contributed by atoms with Gasteiger partial charge in [0.25, 0.3) is 0 Å². The monoisotopic (exact) mass is 461 g/mol. The van der Waals surface area contributed by atoms with Crippen molar-refractivity contribution in [2.24, 2.45) is 0 Å². The Bertz CT molecular complexity index is 995. The van der Waals surface area contributed by atoms with Crippen LogP contribution in [0.25, 0.3) is 21.9 Å². The van der Waals surface area contributed by atoms with E-state index in [1.165, 1.54) is 0 Å². The maximum atomic E-state index is 10.9. The molecule has 2 aromatic carbocycles. The van der Waals surface area contributed by atoms with Crippen LogP contribution in [0.4, 0.5) is 0 Å². The molecule has 28 heavy (non-hydrogen) atoms. The normalized spacial score (nSPS) is 11.7. The highest BCUT2D eigenvalue weighted by atomic mass is 79.9. The van der Waals surface area contributed by atoms with Crippen molar-refractivity contribution in [3.05, 3.63) is 51.4 Å². The molecule has 5 nitrogen and oxygen atoms in total. The predicted molar refractivity (Wildman–Crippen MR) is 116 cm³/mol. The highest BCUT2D eigenvalue weighted by Gasteiger charge is 2.13. The lowest BCUT2D eigenvalue weighted by molar-refractivity contribution is -0.137. The molecule has 0 unspecified atom stereocenters. The number of carboxylic acid groups (broad SMARTS) is 1. The summed E-state index contributed by atoms with van der Waals surface area (Å²) in [6.45, 7) is 2.30. The Labute approximate surface area is 175 Å². The number of hydrogen-bond acceptors (Lipinski definition) is 5. The van der Waals surface area contributed by atoms with Crippen LogP contribution in [0.1, 0.15) is 36.8 Å². The van der Waals surface area contributed by atoms with Crippen molar-refractivity contribution in [2.75, 3.05) is 6.61 Å². The van der Waals surface area contributed by atoms with Gasteiger partial charge in [-0.1, -0.05) is 12.1 Å². The van der Waals surface area contributed by atoms with Crippen molar-refractivity contribution in [2.45, 2.75) is 26.2 Å². The Morgan fingerprint density at radius 3 is 2.79 bits per heavy atom. The van der Waals surface area contributed by atoms with Gasteiger partial charge in [-0.2, -0.15) is 0 Å². The number of aliphatic carboxylic acids is 1. The summed E-state index contributed by atoms with van der Waals surface area (Å²) in [5, 5.41) is 20.0. The van der Waals surface area contributed by atoms with Gasteiger partial charge in [0.1, 0.15) is 5.01 Å². The first-order chi connectivity index (χ1) is 13.5.